The van der Waals surface area contributed by atoms with Crippen LogP contribution in [0.1, 0.15) is 64.7 Å². The second-order valence-corrected chi connectivity index (χ2v) is 8.89. The topological polar surface area (TPSA) is 110 Å². The van der Waals surface area contributed by atoms with E-state index in [1.165, 1.54) is 11.3 Å². The average molecular weight is 397 g/mol. The van der Waals surface area contributed by atoms with Gasteiger partial charge in [-0.05, 0) is 40.2 Å². The van der Waals surface area contributed by atoms with Crippen LogP contribution in [0.2, 0.25) is 5.02 Å². The van der Waals surface area contributed by atoms with Gasteiger partial charge in [0.2, 0.25) is 0 Å². The van der Waals surface area contributed by atoms with Crippen LogP contribution in [0.4, 0.5) is 5.00 Å². The molecule has 4 N–H and O–H groups in total. The predicted octanol–water partition coefficient (Wildman–Crippen LogP) is 3.37. The van der Waals surface area contributed by atoms with E-state index in [4.69, 9.17) is 22.1 Å². The summed E-state index contributed by atoms with van der Waals surface area (Å²) in [6.07, 6.45) is 0.526. The zero-order valence-electron chi connectivity index (χ0n) is 15.2. The third kappa shape index (κ3) is 3.13. The lowest BCUT2D eigenvalue weighted by Gasteiger charge is -2.41. The number of anilines is 1. The molecule has 2 aromatic rings. The van der Waals surface area contributed by atoms with E-state index in [-0.39, 0.29) is 10.7 Å². The fourth-order valence-electron chi connectivity index (χ4n) is 3.40. The van der Waals surface area contributed by atoms with Crippen molar-refractivity contribution in [2.45, 2.75) is 52.2 Å². The SMILES string of the molecule is Cc1[nH]nc(C(=O)Nc2sc3c(c2C(N)=O)CC(C)(C)OC3(C)C)c1Cl. The van der Waals surface area contributed by atoms with Gasteiger partial charge in [-0.1, -0.05) is 11.6 Å². The van der Waals surface area contributed by atoms with Crippen molar-refractivity contribution >= 4 is 39.8 Å². The van der Waals surface area contributed by atoms with Gasteiger partial charge < -0.3 is 15.8 Å². The molecule has 0 aromatic carbocycles. The quantitative estimate of drug-likeness (QED) is 0.738. The standard InChI is InChI=1S/C17H21ClN4O3S/c1-7-10(18)11(22-21-7)14(24)20-15-9(13(19)23)8-6-16(2,3)25-17(4,5)12(8)26-15/h6H2,1-5H3,(H2,19,23)(H,20,24)(H,21,22). The van der Waals surface area contributed by atoms with Crippen LogP contribution in [0.15, 0.2) is 0 Å². The van der Waals surface area contributed by atoms with Crippen molar-refractivity contribution in [3.63, 3.8) is 0 Å². The molecule has 0 saturated carbocycles. The molecule has 0 fully saturated rings. The number of primary amides is 1. The molecule has 0 bridgehead atoms. The molecule has 2 aromatic heterocycles. The van der Waals surface area contributed by atoms with Gasteiger partial charge in [0, 0.05) is 11.3 Å². The Morgan fingerprint density at radius 1 is 1.35 bits per heavy atom. The summed E-state index contributed by atoms with van der Waals surface area (Å²) < 4.78 is 6.15. The van der Waals surface area contributed by atoms with Crippen LogP contribution < -0.4 is 11.1 Å². The van der Waals surface area contributed by atoms with E-state index in [9.17, 15) is 9.59 Å². The van der Waals surface area contributed by atoms with Crippen LogP contribution in [-0.4, -0.2) is 27.6 Å². The van der Waals surface area contributed by atoms with Crippen molar-refractivity contribution in [3.8, 4) is 0 Å². The fourth-order valence-corrected chi connectivity index (χ4v) is 4.82. The lowest BCUT2D eigenvalue weighted by molar-refractivity contribution is -0.135. The van der Waals surface area contributed by atoms with E-state index in [0.29, 0.717) is 22.7 Å². The fraction of sp³-hybridized carbons (Fsp3) is 0.471. The molecule has 140 valence electrons. The Balaban J connectivity index is 2.06. The van der Waals surface area contributed by atoms with E-state index in [0.717, 1.165) is 10.4 Å². The summed E-state index contributed by atoms with van der Waals surface area (Å²) in [6, 6.07) is 0. The van der Waals surface area contributed by atoms with Crippen molar-refractivity contribution in [2.24, 2.45) is 5.73 Å². The Morgan fingerprint density at radius 3 is 2.54 bits per heavy atom. The predicted molar refractivity (Wildman–Crippen MR) is 101 cm³/mol. The van der Waals surface area contributed by atoms with Gasteiger partial charge in [-0.3, -0.25) is 14.7 Å². The van der Waals surface area contributed by atoms with E-state index in [2.05, 4.69) is 15.5 Å². The van der Waals surface area contributed by atoms with Crippen LogP contribution in [0.3, 0.4) is 0 Å². The average Bonchev–Trinajstić information content (AvgIpc) is 2.99. The molecule has 1 aliphatic rings. The summed E-state index contributed by atoms with van der Waals surface area (Å²) in [4.78, 5) is 25.6. The van der Waals surface area contributed by atoms with Crippen LogP contribution in [-0.2, 0) is 16.8 Å². The first kappa shape index (κ1) is 18.9. The van der Waals surface area contributed by atoms with Gasteiger partial charge in [-0.2, -0.15) is 5.10 Å². The third-order valence-electron chi connectivity index (χ3n) is 4.25. The molecule has 2 amide bonds. The maximum atomic E-state index is 12.6. The molecule has 1 aliphatic heterocycles. The van der Waals surface area contributed by atoms with Gasteiger partial charge in [0.25, 0.3) is 11.8 Å². The van der Waals surface area contributed by atoms with Crippen LogP contribution in [0, 0.1) is 6.92 Å². The molecule has 3 rings (SSSR count). The summed E-state index contributed by atoms with van der Waals surface area (Å²) in [5, 5.41) is 9.95. The molecule has 0 radical (unpaired) electrons. The summed E-state index contributed by atoms with van der Waals surface area (Å²) in [6.45, 7) is 9.52. The Hall–Kier alpha value is -1.90. The highest BCUT2D eigenvalue weighted by molar-refractivity contribution is 7.17. The maximum absolute atomic E-state index is 12.6. The number of carbonyl (C=O) groups excluding carboxylic acids is 2. The van der Waals surface area contributed by atoms with Crippen molar-refractivity contribution in [2.75, 3.05) is 5.32 Å². The van der Waals surface area contributed by atoms with E-state index >= 15 is 0 Å². The molecule has 9 heteroatoms. The largest absolute Gasteiger partial charge is 0.365 e. The molecular formula is C17H21ClN4O3S. The zero-order chi connectivity index (χ0) is 19.4. The monoisotopic (exact) mass is 396 g/mol. The van der Waals surface area contributed by atoms with Gasteiger partial charge in [0.1, 0.15) is 5.00 Å². The lowest BCUT2D eigenvalue weighted by atomic mass is 9.86. The molecule has 0 saturated heterocycles. The number of H-pyrrole nitrogens is 1. The zero-order valence-corrected chi connectivity index (χ0v) is 16.8. The minimum absolute atomic E-state index is 0.0711. The number of rotatable bonds is 3. The number of nitrogens with two attached hydrogens (primary N) is 1. The smallest absolute Gasteiger partial charge is 0.278 e. The highest BCUT2D eigenvalue weighted by Gasteiger charge is 2.43. The molecule has 0 aliphatic carbocycles. The van der Waals surface area contributed by atoms with E-state index in [1.54, 1.807) is 6.92 Å². The minimum atomic E-state index is -0.602. The first-order valence-corrected chi connectivity index (χ1v) is 9.30. The number of thiophene rings is 1. The molecular weight excluding hydrogens is 376 g/mol. The first-order valence-electron chi connectivity index (χ1n) is 8.11. The summed E-state index contributed by atoms with van der Waals surface area (Å²) in [7, 11) is 0. The third-order valence-corrected chi connectivity index (χ3v) is 6.16. The maximum Gasteiger partial charge on any atom is 0.278 e. The van der Waals surface area contributed by atoms with Gasteiger partial charge >= 0.3 is 0 Å². The number of hydrogen-bond donors (Lipinski definition) is 3. The second kappa shape index (κ2) is 6.07. The summed E-state index contributed by atoms with van der Waals surface area (Å²) in [5.74, 6) is -1.09. The number of aromatic nitrogens is 2. The van der Waals surface area contributed by atoms with Crippen LogP contribution in [0.5, 0.6) is 0 Å². The highest BCUT2D eigenvalue weighted by Crippen LogP contribution is 2.48. The van der Waals surface area contributed by atoms with Gasteiger partial charge in [-0.25, -0.2) is 0 Å². The Bertz CT molecular complexity index is 913. The molecule has 7 nitrogen and oxygen atoms in total. The second-order valence-electron chi connectivity index (χ2n) is 7.49. The number of fused-ring (bicyclic) bond motifs is 1. The van der Waals surface area contributed by atoms with E-state index in [1.807, 2.05) is 27.7 Å². The number of nitrogens with one attached hydrogen (secondary N) is 2. The first-order chi connectivity index (χ1) is 11.9. The molecule has 0 atom stereocenters. The number of nitrogens with zero attached hydrogens (tertiary/aromatic N) is 1. The summed E-state index contributed by atoms with van der Waals surface area (Å²) >= 11 is 7.39. The van der Waals surface area contributed by atoms with Crippen LogP contribution >= 0.6 is 22.9 Å². The number of aryl methyl sites for hydroxylation is 1. The highest BCUT2D eigenvalue weighted by atomic mass is 35.5. The molecule has 0 unspecified atom stereocenters. The van der Waals surface area contributed by atoms with Crippen molar-refractivity contribution in [3.05, 3.63) is 32.4 Å². The number of halogens is 1. The van der Waals surface area contributed by atoms with Crippen LogP contribution in [0.25, 0.3) is 0 Å². The number of aromatic amines is 1. The lowest BCUT2D eigenvalue weighted by Crippen LogP contribution is -2.42. The van der Waals surface area contributed by atoms with Crippen molar-refractivity contribution in [1.29, 1.82) is 0 Å². The van der Waals surface area contributed by atoms with Crippen molar-refractivity contribution in [1.82, 2.24) is 10.2 Å². The molecule has 26 heavy (non-hydrogen) atoms. The van der Waals surface area contributed by atoms with Crippen molar-refractivity contribution < 1.29 is 14.3 Å². The van der Waals surface area contributed by atoms with Gasteiger partial charge in [-0.15, -0.1) is 11.3 Å². The number of hydrogen-bond acceptors (Lipinski definition) is 5. The Morgan fingerprint density at radius 2 is 2.00 bits per heavy atom. The van der Waals surface area contributed by atoms with Gasteiger partial charge in [0.05, 0.1) is 27.5 Å². The Kier molecular flexibility index (Phi) is 4.41. The normalized spacial score (nSPS) is 17.6. The Labute approximate surface area is 160 Å². The molecule has 0 spiro atoms. The van der Waals surface area contributed by atoms with Gasteiger partial charge in [0.15, 0.2) is 5.69 Å². The number of carbonyl (C=O) groups is 2. The minimum Gasteiger partial charge on any atom is -0.365 e. The summed E-state index contributed by atoms with van der Waals surface area (Å²) in [5.41, 5.74) is 6.39. The molecule has 3 heterocycles. The van der Waals surface area contributed by atoms with E-state index < -0.39 is 23.0 Å². The number of ether oxygens (including phenoxy) is 1. The number of amides is 2.